The van der Waals surface area contributed by atoms with Gasteiger partial charge in [0.1, 0.15) is 5.76 Å². The van der Waals surface area contributed by atoms with Crippen molar-refractivity contribution >= 4 is 28.6 Å². The molecule has 2 heterocycles. The minimum atomic E-state index is -0.506. The van der Waals surface area contributed by atoms with Crippen molar-refractivity contribution in [2.75, 3.05) is 7.11 Å². The summed E-state index contributed by atoms with van der Waals surface area (Å²) in [6, 6.07) is 10.2. The van der Waals surface area contributed by atoms with E-state index in [1.165, 1.54) is 41.8 Å². The van der Waals surface area contributed by atoms with Crippen LogP contribution in [-0.4, -0.2) is 27.9 Å². The molecule has 7 nitrogen and oxygen atoms in total. The Hall–Kier alpha value is -3.05. The molecule has 0 radical (unpaired) electrons. The molecular formula is C18H15N3O4S. The van der Waals surface area contributed by atoms with Crippen molar-refractivity contribution in [1.29, 1.82) is 5.26 Å². The van der Waals surface area contributed by atoms with Crippen molar-refractivity contribution in [1.82, 2.24) is 9.55 Å². The van der Waals surface area contributed by atoms with E-state index in [1.807, 2.05) is 0 Å². The SMILES string of the molecule is COC(=O)c1ccc2c(=O)n(Cc3ccco3)c(S[C@@H](C)C#N)nc2c1. The van der Waals surface area contributed by atoms with Crippen LogP contribution in [0.5, 0.6) is 0 Å². The molecule has 3 rings (SSSR count). The molecule has 0 N–H and O–H groups in total. The molecular weight excluding hydrogens is 354 g/mol. The monoisotopic (exact) mass is 369 g/mol. The van der Waals surface area contributed by atoms with Crippen molar-refractivity contribution < 1.29 is 13.9 Å². The predicted molar refractivity (Wildman–Crippen MR) is 96.1 cm³/mol. The van der Waals surface area contributed by atoms with Crippen molar-refractivity contribution in [2.45, 2.75) is 23.9 Å². The largest absolute Gasteiger partial charge is 0.467 e. The van der Waals surface area contributed by atoms with E-state index in [0.717, 1.165) is 0 Å². The highest BCUT2D eigenvalue weighted by Crippen LogP contribution is 2.23. The quantitative estimate of drug-likeness (QED) is 0.387. The van der Waals surface area contributed by atoms with Gasteiger partial charge in [-0.05, 0) is 37.3 Å². The number of thioether (sulfide) groups is 1. The maximum atomic E-state index is 13.0. The normalized spacial score (nSPS) is 11.9. The van der Waals surface area contributed by atoms with Gasteiger partial charge in [0.05, 0.1) is 47.7 Å². The number of hydrogen-bond acceptors (Lipinski definition) is 7. The van der Waals surface area contributed by atoms with Crippen LogP contribution in [0.3, 0.4) is 0 Å². The third-order valence-electron chi connectivity index (χ3n) is 3.70. The van der Waals surface area contributed by atoms with Crippen LogP contribution < -0.4 is 5.56 Å². The zero-order valence-corrected chi connectivity index (χ0v) is 14.9. The zero-order chi connectivity index (χ0) is 18.7. The molecule has 3 aromatic rings. The fraction of sp³-hybridized carbons (Fsp3) is 0.222. The second-order valence-electron chi connectivity index (χ2n) is 5.48. The fourth-order valence-electron chi connectivity index (χ4n) is 2.42. The van der Waals surface area contributed by atoms with Gasteiger partial charge in [-0.2, -0.15) is 5.26 Å². The first kappa shape index (κ1) is 17.8. The highest BCUT2D eigenvalue weighted by Gasteiger charge is 2.17. The molecule has 0 saturated heterocycles. The third kappa shape index (κ3) is 3.48. The number of furan rings is 1. The predicted octanol–water partition coefficient (Wildman–Crippen LogP) is 2.83. The number of carbonyl (C=O) groups excluding carboxylic acids is 1. The zero-order valence-electron chi connectivity index (χ0n) is 14.1. The number of methoxy groups -OCH3 is 1. The summed E-state index contributed by atoms with van der Waals surface area (Å²) < 4.78 is 11.5. The topological polar surface area (TPSA) is 98.1 Å². The Bertz CT molecular complexity index is 1050. The van der Waals surface area contributed by atoms with Gasteiger partial charge in [-0.25, -0.2) is 9.78 Å². The molecule has 0 spiro atoms. The maximum Gasteiger partial charge on any atom is 0.337 e. The highest BCUT2D eigenvalue weighted by atomic mass is 32.2. The molecule has 0 bridgehead atoms. The first-order chi connectivity index (χ1) is 12.5. The minimum Gasteiger partial charge on any atom is -0.467 e. The lowest BCUT2D eigenvalue weighted by Crippen LogP contribution is -2.24. The Kier molecular flexibility index (Phi) is 5.09. The number of benzene rings is 1. The molecule has 0 aliphatic rings. The number of rotatable bonds is 5. The molecule has 0 aliphatic carbocycles. The van der Waals surface area contributed by atoms with E-state index in [0.29, 0.717) is 27.4 Å². The van der Waals surface area contributed by atoms with Crippen molar-refractivity contribution in [3.8, 4) is 6.07 Å². The lowest BCUT2D eigenvalue weighted by Gasteiger charge is -2.13. The summed E-state index contributed by atoms with van der Waals surface area (Å²) in [6.07, 6.45) is 1.53. The van der Waals surface area contributed by atoms with Gasteiger partial charge in [-0.15, -0.1) is 0 Å². The van der Waals surface area contributed by atoms with Crippen molar-refractivity contribution in [3.05, 3.63) is 58.3 Å². The average Bonchev–Trinajstić information content (AvgIpc) is 3.16. The summed E-state index contributed by atoms with van der Waals surface area (Å²) in [5.41, 5.74) is 0.414. The van der Waals surface area contributed by atoms with Crippen LogP contribution in [0.25, 0.3) is 10.9 Å². The summed E-state index contributed by atoms with van der Waals surface area (Å²) in [6.45, 7) is 1.93. The van der Waals surface area contributed by atoms with Crippen LogP contribution in [0.1, 0.15) is 23.0 Å². The van der Waals surface area contributed by atoms with Gasteiger partial charge >= 0.3 is 5.97 Å². The van der Waals surface area contributed by atoms with E-state index in [9.17, 15) is 9.59 Å². The van der Waals surface area contributed by atoms with Gasteiger partial charge in [-0.3, -0.25) is 9.36 Å². The van der Waals surface area contributed by atoms with Crippen LogP contribution in [0.2, 0.25) is 0 Å². The van der Waals surface area contributed by atoms with Gasteiger partial charge < -0.3 is 9.15 Å². The molecule has 0 fully saturated rings. The molecule has 0 unspecified atom stereocenters. The molecule has 1 atom stereocenters. The lowest BCUT2D eigenvalue weighted by atomic mass is 10.1. The Balaban J connectivity index is 2.18. The van der Waals surface area contributed by atoms with E-state index in [-0.39, 0.29) is 12.1 Å². The highest BCUT2D eigenvalue weighted by molar-refractivity contribution is 8.00. The number of ether oxygens (including phenoxy) is 1. The standard InChI is InChI=1S/C18H15N3O4S/c1-11(9-19)26-18-20-15-8-12(17(23)24-2)5-6-14(15)16(22)21(18)10-13-4-3-7-25-13/h3-8,11H,10H2,1-2H3/t11-/m0/s1. The minimum absolute atomic E-state index is 0.202. The first-order valence-corrected chi connectivity index (χ1v) is 8.63. The molecule has 2 aromatic heterocycles. The van der Waals surface area contributed by atoms with Gasteiger partial charge in [0, 0.05) is 0 Å². The van der Waals surface area contributed by atoms with Crippen LogP contribution >= 0.6 is 11.8 Å². The van der Waals surface area contributed by atoms with Gasteiger partial charge in [0.15, 0.2) is 5.16 Å². The molecule has 0 amide bonds. The number of esters is 1. The van der Waals surface area contributed by atoms with E-state index in [2.05, 4.69) is 11.1 Å². The molecule has 1 aromatic carbocycles. The molecule has 0 aliphatic heterocycles. The summed E-state index contributed by atoms with van der Waals surface area (Å²) in [5, 5.41) is 9.47. The average molecular weight is 369 g/mol. The number of carbonyl (C=O) groups is 1. The van der Waals surface area contributed by atoms with E-state index in [1.54, 1.807) is 25.1 Å². The number of hydrogen-bond donors (Lipinski definition) is 0. The molecule has 8 heteroatoms. The Morgan fingerprint density at radius 1 is 1.46 bits per heavy atom. The van der Waals surface area contributed by atoms with Crippen molar-refractivity contribution in [3.63, 3.8) is 0 Å². The summed E-state index contributed by atoms with van der Waals surface area (Å²) in [4.78, 5) is 29.2. The van der Waals surface area contributed by atoms with Gasteiger partial charge in [0.2, 0.25) is 0 Å². The third-order valence-corrected chi connectivity index (χ3v) is 4.68. The van der Waals surface area contributed by atoms with Crippen molar-refractivity contribution in [2.24, 2.45) is 0 Å². The Morgan fingerprint density at radius 2 is 2.27 bits per heavy atom. The first-order valence-electron chi connectivity index (χ1n) is 7.75. The molecule has 26 heavy (non-hydrogen) atoms. The second kappa shape index (κ2) is 7.45. The van der Waals surface area contributed by atoms with E-state index < -0.39 is 11.2 Å². The lowest BCUT2D eigenvalue weighted by molar-refractivity contribution is 0.0601. The van der Waals surface area contributed by atoms with Crippen LogP contribution in [0.15, 0.2) is 51.0 Å². The fourth-order valence-corrected chi connectivity index (χ4v) is 3.21. The summed E-state index contributed by atoms with van der Waals surface area (Å²) in [7, 11) is 1.29. The number of aromatic nitrogens is 2. The van der Waals surface area contributed by atoms with Crippen LogP contribution in [0.4, 0.5) is 0 Å². The van der Waals surface area contributed by atoms with E-state index in [4.69, 9.17) is 14.4 Å². The number of nitrogens with zero attached hydrogens (tertiary/aromatic N) is 3. The van der Waals surface area contributed by atoms with Crippen LogP contribution in [0, 0.1) is 11.3 Å². The second-order valence-corrected chi connectivity index (χ2v) is 6.79. The van der Waals surface area contributed by atoms with Gasteiger partial charge in [0.25, 0.3) is 5.56 Å². The Labute approximate surface area is 153 Å². The summed E-state index contributed by atoms with van der Waals surface area (Å²) in [5.74, 6) is 0.0963. The molecule has 132 valence electrons. The smallest absolute Gasteiger partial charge is 0.337 e. The van der Waals surface area contributed by atoms with Gasteiger partial charge in [-0.1, -0.05) is 11.8 Å². The van der Waals surface area contributed by atoms with E-state index >= 15 is 0 Å². The number of nitriles is 1. The summed E-state index contributed by atoms with van der Waals surface area (Å²) >= 11 is 1.17. The van der Waals surface area contributed by atoms with Crippen LogP contribution in [-0.2, 0) is 11.3 Å². The Morgan fingerprint density at radius 3 is 2.92 bits per heavy atom. The number of fused-ring (bicyclic) bond motifs is 1. The maximum absolute atomic E-state index is 13.0. The molecule has 0 saturated carbocycles.